The van der Waals surface area contributed by atoms with Crippen LogP contribution in [0.2, 0.25) is 0 Å². The molecule has 0 spiro atoms. The van der Waals surface area contributed by atoms with Crippen molar-refractivity contribution in [1.29, 1.82) is 0 Å². The average Bonchev–Trinajstić information content (AvgIpc) is 3.01. The number of likely N-dealkylation sites (tertiary alicyclic amines) is 1. The van der Waals surface area contributed by atoms with Crippen molar-refractivity contribution in [3.63, 3.8) is 0 Å². The lowest BCUT2D eigenvalue weighted by molar-refractivity contribution is -0.144. The minimum absolute atomic E-state index is 0.0947. The number of pyridine rings is 1. The number of carboxylic acid groups (broad SMARTS) is 1. The zero-order valence-electron chi connectivity index (χ0n) is 22.7. The van der Waals surface area contributed by atoms with E-state index in [2.05, 4.69) is 43.0 Å². The number of carbonyl (C=O) groups is 1. The van der Waals surface area contributed by atoms with Crippen molar-refractivity contribution in [3.05, 3.63) is 94.2 Å². The molecule has 3 heterocycles. The Morgan fingerprint density at radius 3 is 2.59 bits per heavy atom. The molecule has 5 rings (SSSR count). The van der Waals surface area contributed by atoms with Crippen LogP contribution in [0.5, 0.6) is 17.8 Å². The maximum atomic E-state index is 12.0. The van der Waals surface area contributed by atoms with Gasteiger partial charge in [0.2, 0.25) is 11.8 Å². The third-order valence-corrected chi connectivity index (χ3v) is 7.92. The molecule has 212 valence electrons. The number of rotatable bonds is 11. The van der Waals surface area contributed by atoms with Crippen molar-refractivity contribution in [3.8, 4) is 28.9 Å². The summed E-state index contributed by atoms with van der Waals surface area (Å²) in [5, 5.41) is 9.81. The Kier molecular flexibility index (Phi) is 9.43. The highest BCUT2D eigenvalue weighted by atomic mass is 79.9. The molecular formula is C31H31BrN4O5. The zero-order chi connectivity index (χ0) is 28.6. The number of aromatic nitrogens is 3. The monoisotopic (exact) mass is 618 g/mol. The molecule has 2 aromatic carbocycles. The summed E-state index contributed by atoms with van der Waals surface area (Å²) in [6.45, 7) is 1.34. The van der Waals surface area contributed by atoms with Gasteiger partial charge < -0.3 is 19.3 Å². The molecular weight excluding hydrogens is 588 g/mol. The van der Waals surface area contributed by atoms with Gasteiger partial charge >= 0.3 is 12.0 Å². The predicted octanol–water partition coefficient (Wildman–Crippen LogP) is 5.91. The summed E-state index contributed by atoms with van der Waals surface area (Å²) >= 11 is 3.74. The first-order valence-corrected chi connectivity index (χ1v) is 14.2. The fourth-order valence-electron chi connectivity index (χ4n) is 4.89. The summed E-state index contributed by atoms with van der Waals surface area (Å²) in [4.78, 5) is 27.2. The maximum Gasteiger partial charge on any atom is 0.323 e. The zero-order valence-corrected chi connectivity index (χ0v) is 24.3. The van der Waals surface area contributed by atoms with E-state index in [4.69, 9.17) is 14.2 Å². The fourth-order valence-corrected chi connectivity index (χ4v) is 5.49. The summed E-state index contributed by atoms with van der Waals surface area (Å²) in [6, 6.07) is 19.4. The molecule has 0 amide bonds. The van der Waals surface area contributed by atoms with E-state index in [1.165, 1.54) is 7.11 Å². The van der Waals surface area contributed by atoms with E-state index in [-0.39, 0.29) is 37.5 Å². The number of aliphatic carboxylic acids is 1. The quantitative estimate of drug-likeness (QED) is 0.219. The molecule has 2 aromatic heterocycles. The van der Waals surface area contributed by atoms with Gasteiger partial charge in [0.25, 0.3) is 0 Å². The predicted molar refractivity (Wildman–Crippen MR) is 157 cm³/mol. The van der Waals surface area contributed by atoms with Gasteiger partial charge in [-0.2, -0.15) is 9.97 Å². The largest absolute Gasteiger partial charge is 0.481 e. The minimum Gasteiger partial charge on any atom is -0.481 e. The molecule has 9 nitrogen and oxygen atoms in total. The first-order chi connectivity index (χ1) is 20.0. The second kappa shape index (κ2) is 13.6. The van der Waals surface area contributed by atoms with Crippen LogP contribution in [-0.4, -0.2) is 50.6 Å². The second-order valence-corrected chi connectivity index (χ2v) is 10.5. The van der Waals surface area contributed by atoms with Crippen molar-refractivity contribution in [2.45, 2.75) is 45.1 Å². The lowest BCUT2D eigenvalue weighted by Gasteiger charge is -2.33. The van der Waals surface area contributed by atoms with Crippen molar-refractivity contribution in [1.82, 2.24) is 19.9 Å². The molecule has 1 aliphatic heterocycles. The van der Waals surface area contributed by atoms with Crippen LogP contribution >= 0.6 is 15.9 Å². The SMILES string of the molecule is COc1nc(OCc2cccc(-c3ccccc3)c2Br)nc(OCc2cccnc2)c1CN1CCCCC1C(=O)O. The average molecular weight is 620 g/mol. The van der Waals surface area contributed by atoms with Crippen LogP contribution in [0.1, 0.15) is 36.0 Å². The second-order valence-electron chi connectivity index (χ2n) is 9.70. The molecule has 1 N–H and O–H groups in total. The van der Waals surface area contributed by atoms with Crippen molar-refractivity contribution in [2.24, 2.45) is 0 Å². The molecule has 4 aromatic rings. The number of halogens is 1. The molecule has 1 saturated heterocycles. The molecule has 0 aliphatic carbocycles. The number of hydrogen-bond donors (Lipinski definition) is 1. The van der Waals surface area contributed by atoms with Gasteiger partial charge in [0.15, 0.2) is 0 Å². The smallest absolute Gasteiger partial charge is 0.323 e. The van der Waals surface area contributed by atoms with Gasteiger partial charge in [0.1, 0.15) is 19.3 Å². The summed E-state index contributed by atoms with van der Waals surface area (Å²) in [7, 11) is 1.52. The van der Waals surface area contributed by atoms with Crippen molar-refractivity contribution in [2.75, 3.05) is 13.7 Å². The van der Waals surface area contributed by atoms with Gasteiger partial charge in [-0.05, 0) is 52.5 Å². The number of piperidine rings is 1. The van der Waals surface area contributed by atoms with E-state index >= 15 is 0 Å². The van der Waals surface area contributed by atoms with Crippen LogP contribution < -0.4 is 14.2 Å². The van der Waals surface area contributed by atoms with Crippen LogP contribution in [0.3, 0.4) is 0 Å². The molecule has 0 bridgehead atoms. The van der Waals surface area contributed by atoms with Gasteiger partial charge in [-0.1, -0.05) is 61.0 Å². The summed E-state index contributed by atoms with van der Waals surface area (Å²) < 4.78 is 18.8. The molecule has 0 radical (unpaired) electrons. The molecule has 1 unspecified atom stereocenters. The van der Waals surface area contributed by atoms with Crippen LogP contribution in [0.25, 0.3) is 11.1 Å². The first kappa shape index (κ1) is 28.5. The van der Waals surface area contributed by atoms with Gasteiger partial charge in [-0.25, -0.2) is 0 Å². The maximum absolute atomic E-state index is 12.0. The number of ether oxygens (including phenoxy) is 3. The van der Waals surface area contributed by atoms with E-state index < -0.39 is 12.0 Å². The Labute approximate surface area is 247 Å². The fraction of sp³-hybridized carbons (Fsp3) is 0.290. The van der Waals surface area contributed by atoms with E-state index in [0.717, 1.165) is 39.6 Å². The number of carboxylic acids is 1. The molecule has 0 saturated carbocycles. The van der Waals surface area contributed by atoms with Gasteiger partial charge in [0.05, 0.1) is 12.7 Å². The van der Waals surface area contributed by atoms with E-state index in [1.54, 1.807) is 12.4 Å². The third kappa shape index (κ3) is 7.01. The number of methoxy groups -OCH3 is 1. The Hall–Kier alpha value is -4.02. The summed E-state index contributed by atoms with van der Waals surface area (Å²) in [5.74, 6) is -0.281. The highest BCUT2D eigenvalue weighted by molar-refractivity contribution is 9.10. The molecule has 1 aliphatic rings. The summed E-state index contributed by atoms with van der Waals surface area (Å²) in [5.41, 5.74) is 4.50. The lowest BCUT2D eigenvalue weighted by Crippen LogP contribution is -2.44. The van der Waals surface area contributed by atoms with Gasteiger partial charge in [-0.3, -0.25) is 14.7 Å². The topological polar surface area (TPSA) is 107 Å². The first-order valence-electron chi connectivity index (χ1n) is 13.4. The minimum atomic E-state index is -0.842. The van der Waals surface area contributed by atoms with Gasteiger partial charge in [-0.15, -0.1) is 0 Å². The van der Waals surface area contributed by atoms with E-state index in [0.29, 0.717) is 18.5 Å². The lowest BCUT2D eigenvalue weighted by atomic mass is 10.0. The number of benzene rings is 2. The Morgan fingerprint density at radius 1 is 1.00 bits per heavy atom. The number of hydrogen-bond acceptors (Lipinski definition) is 8. The van der Waals surface area contributed by atoms with Gasteiger partial charge in [0, 0.05) is 34.5 Å². The Bertz CT molecular complexity index is 1470. The van der Waals surface area contributed by atoms with E-state index in [1.807, 2.05) is 53.4 Å². The summed E-state index contributed by atoms with van der Waals surface area (Å²) in [6.07, 6.45) is 5.79. The highest BCUT2D eigenvalue weighted by Gasteiger charge is 2.31. The molecule has 10 heteroatoms. The Morgan fingerprint density at radius 2 is 1.83 bits per heavy atom. The Balaban J connectivity index is 1.43. The van der Waals surface area contributed by atoms with Crippen LogP contribution in [0, 0.1) is 0 Å². The van der Waals surface area contributed by atoms with Crippen LogP contribution in [-0.2, 0) is 24.6 Å². The van der Waals surface area contributed by atoms with E-state index in [9.17, 15) is 9.90 Å². The molecule has 41 heavy (non-hydrogen) atoms. The van der Waals surface area contributed by atoms with Crippen LogP contribution in [0.4, 0.5) is 0 Å². The molecule has 1 atom stereocenters. The van der Waals surface area contributed by atoms with Crippen molar-refractivity contribution >= 4 is 21.9 Å². The van der Waals surface area contributed by atoms with Crippen molar-refractivity contribution < 1.29 is 24.1 Å². The third-order valence-electron chi connectivity index (χ3n) is 6.98. The standard InChI is InChI=1S/C31H31BrN4O5/c1-39-28-25(18-36-16-6-5-14-26(36)30(37)38)29(40-19-21-9-8-15-33-17-21)35-31(34-28)41-20-23-12-7-13-24(27(23)32)22-10-3-2-4-11-22/h2-4,7-13,15,17,26H,5-6,14,16,18-20H2,1H3,(H,37,38). The number of nitrogens with zero attached hydrogens (tertiary/aromatic N) is 4. The van der Waals surface area contributed by atoms with Crippen LogP contribution in [0.15, 0.2) is 77.5 Å². The highest BCUT2D eigenvalue weighted by Crippen LogP contribution is 2.34. The molecule has 1 fully saturated rings. The normalized spacial score (nSPS) is 15.3.